The van der Waals surface area contributed by atoms with E-state index in [1.807, 2.05) is 48.0 Å². The minimum Gasteiger partial charge on any atom is -0.337 e. The summed E-state index contributed by atoms with van der Waals surface area (Å²) in [5.74, 6) is -0.0125. The molecule has 2 heterocycles. The summed E-state index contributed by atoms with van der Waals surface area (Å²) in [5.41, 5.74) is 2.85. The molecular formula is C17H15ClN2OS2. The lowest BCUT2D eigenvalue weighted by atomic mass is 10.2. The Morgan fingerprint density at radius 2 is 2.17 bits per heavy atom. The summed E-state index contributed by atoms with van der Waals surface area (Å²) in [5, 5.41) is 5.63. The van der Waals surface area contributed by atoms with Crippen LogP contribution in [0.5, 0.6) is 0 Å². The van der Waals surface area contributed by atoms with Crippen LogP contribution < -0.4 is 0 Å². The number of aryl methyl sites for hydroxylation is 1. The molecule has 3 aromatic rings. The molecule has 6 heteroatoms. The number of nitrogens with zero attached hydrogens (tertiary/aromatic N) is 2. The molecule has 0 saturated heterocycles. The molecule has 0 fully saturated rings. The molecule has 0 N–H and O–H groups in total. The third-order valence-electron chi connectivity index (χ3n) is 3.41. The van der Waals surface area contributed by atoms with Crippen LogP contribution in [0.25, 0.3) is 10.6 Å². The van der Waals surface area contributed by atoms with E-state index in [1.54, 1.807) is 23.3 Å². The SMILES string of the molecule is Cc1nc(-c2ccsc2)sc1C(=O)N(C)Cc1cccc(Cl)c1. The van der Waals surface area contributed by atoms with Crippen LogP contribution >= 0.6 is 34.3 Å². The van der Waals surface area contributed by atoms with Crippen LogP contribution in [0, 0.1) is 6.92 Å². The topological polar surface area (TPSA) is 33.2 Å². The molecule has 0 atom stereocenters. The monoisotopic (exact) mass is 362 g/mol. The minimum absolute atomic E-state index is 0.0125. The lowest BCUT2D eigenvalue weighted by molar-refractivity contribution is 0.0789. The predicted molar refractivity (Wildman–Crippen MR) is 97.4 cm³/mol. The van der Waals surface area contributed by atoms with Crippen LogP contribution in [0.1, 0.15) is 20.9 Å². The summed E-state index contributed by atoms with van der Waals surface area (Å²) in [6.45, 7) is 2.40. The average molecular weight is 363 g/mol. The first-order chi connectivity index (χ1) is 11.0. The van der Waals surface area contributed by atoms with Gasteiger partial charge in [0.1, 0.15) is 9.88 Å². The van der Waals surface area contributed by atoms with Crippen LogP contribution in [-0.2, 0) is 6.54 Å². The van der Waals surface area contributed by atoms with Crippen LogP contribution in [0.3, 0.4) is 0 Å². The van der Waals surface area contributed by atoms with Crippen molar-refractivity contribution in [2.45, 2.75) is 13.5 Å². The second kappa shape index (κ2) is 6.83. The molecule has 0 aliphatic heterocycles. The summed E-state index contributed by atoms with van der Waals surface area (Å²) >= 11 is 9.07. The van der Waals surface area contributed by atoms with Gasteiger partial charge >= 0.3 is 0 Å². The standard InChI is InChI=1S/C17H15ClN2OS2/c1-11-15(23-16(19-11)13-6-7-22-10-13)17(21)20(2)9-12-4-3-5-14(18)8-12/h3-8,10H,9H2,1-2H3. The summed E-state index contributed by atoms with van der Waals surface area (Å²) in [7, 11) is 1.80. The molecule has 3 nitrogen and oxygen atoms in total. The number of hydrogen-bond acceptors (Lipinski definition) is 4. The Bertz CT molecular complexity index is 827. The molecule has 0 aliphatic rings. The number of halogens is 1. The van der Waals surface area contributed by atoms with Crippen molar-refractivity contribution < 1.29 is 4.79 Å². The van der Waals surface area contributed by atoms with Gasteiger partial charge in [0.15, 0.2) is 0 Å². The van der Waals surface area contributed by atoms with Crippen molar-refractivity contribution >= 4 is 40.2 Å². The lowest BCUT2D eigenvalue weighted by Crippen LogP contribution is -2.26. The smallest absolute Gasteiger partial charge is 0.265 e. The number of thiophene rings is 1. The van der Waals surface area contributed by atoms with Crippen molar-refractivity contribution in [2.24, 2.45) is 0 Å². The Hall–Kier alpha value is -1.69. The molecule has 0 bridgehead atoms. The third-order valence-corrected chi connectivity index (χ3v) is 5.53. The van der Waals surface area contributed by atoms with Gasteiger partial charge in [0, 0.05) is 29.6 Å². The first kappa shape index (κ1) is 16.2. The Morgan fingerprint density at radius 3 is 2.87 bits per heavy atom. The zero-order valence-corrected chi connectivity index (χ0v) is 15.1. The van der Waals surface area contributed by atoms with E-state index in [0.717, 1.165) is 21.8 Å². The maximum Gasteiger partial charge on any atom is 0.265 e. The summed E-state index contributed by atoms with van der Waals surface area (Å²) < 4.78 is 0. The average Bonchev–Trinajstić information content (AvgIpc) is 3.15. The molecule has 23 heavy (non-hydrogen) atoms. The van der Waals surface area contributed by atoms with Crippen molar-refractivity contribution in [3.8, 4) is 10.6 Å². The second-order valence-electron chi connectivity index (χ2n) is 5.24. The number of hydrogen-bond donors (Lipinski definition) is 0. The zero-order chi connectivity index (χ0) is 16.4. The molecule has 0 unspecified atom stereocenters. The quantitative estimate of drug-likeness (QED) is 0.646. The molecule has 0 spiro atoms. The number of rotatable bonds is 4. The van der Waals surface area contributed by atoms with Gasteiger partial charge in [-0.2, -0.15) is 11.3 Å². The van der Waals surface area contributed by atoms with Crippen molar-refractivity contribution in [3.05, 3.63) is 62.2 Å². The van der Waals surface area contributed by atoms with Crippen molar-refractivity contribution in [2.75, 3.05) is 7.05 Å². The van der Waals surface area contributed by atoms with E-state index >= 15 is 0 Å². The Morgan fingerprint density at radius 1 is 1.35 bits per heavy atom. The third kappa shape index (κ3) is 3.63. The largest absolute Gasteiger partial charge is 0.337 e. The van der Waals surface area contributed by atoms with E-state index in [0.29, 0.717) is 16.4 Å². The maximum absolute atomic E-state index is 12.7. The van der Waals surface area contributed by atoms with Crippen LogP contribution in [0.15, 0.2) is 41.1 Å². The lowest BCUT2D eigenvalue weighted by Gasteiger charge is -2.16. The zero-order valence-electron chi connectivity index (χ0n) is 12.7. The fourth-order valence-corrected chi connectivity index (χ4v) is 4.24. The van der Waals surface area contributed by atoms with Gasteiger partial charge in [-0.15, -0.1) is 11.3 Å². The molecule has 1 aromatic carbocycles. The molecule has 0 aliphatic carbocycles. The van der Waals surface area contributed by atoms with Gasteiger partial charge in [-0.1, -0.05) is 23.7 Å². The van der Waals surface area contributed by atoms with Gasteiger partial charge in [0.05, 0.1) is 5.69 Å². The highest BCUT2D eigenvalue weighted by atomic mass is 35.5. The Labute approximate surface area is 148 Å². The molecular weight excluding hydrogens is 348 g/mol. The van der Waals surface area contributed by atoms with Crippen LogP contribution in [0.2, 0.25) is 5.02 Å². The minimum atomic E-state index is -0.0125. The van der Waals surface area contributed by atoms with Gasteiger partial charge in [-0.05, 0) is 36.1 Å². The van der Waals surface area contributed by atoms with Crippen molar-refractivity contribution in [3.63, 3.8) is 0 Å². The Kier molecular flexibility index (Phi) is 4.80. The number of thiazole rings is 1. The molecule has 2 aromatic heterocycles. The van der Waals surface area contributed by atoms with E-state index in [1.165, 1.54) is 11.3 Å². The highest BCUT2D eigenvalue weighted by Gasteiger charge is 2.20. The van der Waals surface area contributed by atoms with Crippen molar-refractivity contribution in [1.82, 2.24) is 9.88 Å². The van der Waals surface area contributed by atoms with E-state index in [-0.39, 0.29) is 5.91 Å². The number of amides is 1. The normalized spacial score (nSPS) is 10.7. The fourth-order valence-electron chi connectivity index (χ4n) is 2.26. The van der Waals surface area contributed by atoms with Gasteiger partial charge in [0.25, 0.3) is 5.91 Å². The van der Waals surface area contributed by atoms with E-state index in [4.69, 9.17) is 11.6 Å². The van der Waals surface area contributed by atoms with Gasteiger partial charge in [-0.3, -0.25) is 4.79 Å². The van der Waals surface area contributed by atoms with Crippen molar-refractivity contribution in [1.29, 1.82) is 0 Å². The summed E-state index contributed by atoms with van der Waals surface area (Å²) in [6.07, 6.45) is 0. The fraction of sp³-hybridized carbons (Fsp3) is 0.176. The number of benzene rings is 1. The number of carbonyl (C=O) groups excluding carboxylic acids is 1. The second-order valence-corrected chi connectivity index (χ2v) is 7.45. The summed E-state index contributed by atoms with van der Waals surface area (Å²) in [4.78, 5) is 19.6. The van der Waals surface area contributed by atoms with E-state index < -0.39 is 0 Å². The first-order valence-electron chi connectivity index (χ1n) is 7.04. The maximum atomic E-state index is 12.7. The van der Waals surface area contributed by atoms with Crippen LogP contribution in [-0.4, -0.2) is 22.8 Å². The molecule has 0 radical (unpaired) electrons. The van der Waals surface area contributed by atoms with E-state index in [2.05, 4.69) is 4.98 Å². The molecule has 118 valence electrons. The number of carbonyl (C=O) groups is 1. The highest BCUT2D eigenvalue weighted by Crippen LogP contribution is 2.30. The highest BCUT2D eigenvalue weighted by molar-refractivity contribution is 7.17. The van der Waals surface area contributed by atoms with Gasteiger partial charge in [0.2, 0.25) is 0 Å². The number of aromatic nitrogens is 1. The van der Waals surface area contributed by atoms with Gasteiger partial charge < -0.3 is 4.90 Å². The molecule has 0 saturated carbocycles. The predicted octanol–water partition coefficient (Wildman–Crippen LogP) is 5.11. The molecule has 1 amide bonds. The van der Waals surface area contributed by atoms with E-state index in [9.17, 15) is 4.79 Å². The van der Waals surface area contributed by atoms with Gasteiger partial charge in [-0.25, -0.2) is 4.98 Å². The Balaban J connectivity index is 1.80. The first-order valence-corrected chi connectivity index (χ1v) is 9.18. The van der Waals surface area contributed by atoms with Crippen LogP contribution in [0.4, 0.5) is 0 Å². The molecule has 3 rings (SSSR count). The summed E-state index contributed by atoms with van der Waals surface area (Å²) in [6, 6.07) is 9.58.